The highest BCUT2D eigenvalue weighted by atomic mass is 35.5. The highest BCUT2D eigenvalue weighted by Gasteiger charge is 2.32. The zero-order valence-corrected chi connectivity index (χ0v) is 13.1. The second kappa shape index (κ2) is 5.61. The number of sulfonamides is 1. The summed E-state index contributed by atoms with van der Waals surface area (Å²) in [5.41, 5.74) is 0.325. The van der Waals surface area contributed by atoms with Crippen LogP contribution in [0, 0.1) is 5.92 Å². The second-order valence-corrected chi connectivity index (χ2v) is 6.79. The quantitative estimate of drug-likeness (QED) is 0.837. The molecule has 0 aliphatic carbocycles. The minimum absolute atomic E-state index is 0.00112. The minimum Gasteiger partial charge on any atom is -0.495 e. The maximum Gasteiger partial charge on any atom is 0.288 e. The van der Waals surface area contributed by atoms with Gasteiger partial charge in [-0.2, -0.15) is 8.42 Å². The number of ether oxygens (including phenoxy) is 2. The summed E-state index contributed by atoms with van der Waals surface area (Å²) in [5, 5.41) is -0.0624. The van der Waals surface area contributed by atoms with Crippen LogP contribution >= 0.6 is 11.6 Å². The normalized spacial score (nSPS) is 15.9. The lowest BCUT2D eigenvalue weighted by Gasteiger charge is -2.12. The lowest BCUT2D eigenvalue weighted by Crippen LogP contribution is -2.04. The van der Waals surface area contributed by atoms with Gasteiger partial charge in [0.15, 0.2) is 5.17 Å². The molecule has 0 atom stereocenters. The van der Waals surface area contributed by atoms with Crippen molar-refractivity contribution in [2.75, 3.05) is 13.7 Å². The standard InChI is InChI=1S/C13H16ClNO4S/c1-8(2)4-5-19-9-6-10-12(11(7-9)18-3)20(16,17)15-13(10)14/h6-8H,4-5H2,1-3H3. The van der Waals surface area contributed by atoms with Crippen LogP contribution in [0.2, 0.25) is 0 Å². The summed E-state index contributed by atoms with van der Waals surface area (Å²) in [6, 6.07) is 3.12. The van der Waals surface area contributed by atoms with Crippen molar-refractivity contribution in [3.8, 4) is 11.5 Å². The van der Waals surface area contributed by atoms with Crippen LogP contribution in [0.1, 0.15) is 25.8 Å². The molecule has 0 aromatic heterocycles. The fraction of sp³-hybridized carbons (Fsp3) is 0.462. The summed E-state index contributed by atoms with van der Waals surface area (Å²) in [5.74, 6) is 1.24. The van der Waals surface area contributed by atoms with Gasteiger partial charge in [-0.05, 0) is 18.4 Å². The topological polar surface area (TPSA) is 65.0 Å². The van der Waals surface area contributed by atoms with Crippen LogP contribution in [0.4, 0.5) is 0 Å². The van der Waals surface area contributed by atoms with Crippen molar-refractivity contribution in [2.24, 2.45) is 10.3 Å². The van der Waals surface area contributed by atoms with Gasteiger partial charge in [0.1, 0.15) is 16.4 Å². The Hall–Kier alpha value is -1.27. The zero-order valence-electron chi connectivity index (χ0n) is 11.5. The molecular weight excluding hydrogens is 302 g/mol. The van der Waals surface area contributed by atoms with Crippen molar-refractivity contribution >= 4 is 26.8 Å². The molecular formula is C13H16ClNO4S. The van der Waals surface area contributed by atoms with Gasteiger partial charge >= 0.3 is 0 Å². The van der Waals surface area contributed by atoms with Gasteiger partial charge in [0.05, 0.1) is 13.7 Å². The molecule has 0 amide bonds. The van der Waals surface area contributed by atoms with E-state index in [9.17, 15) is 8.42 Å². The summed E-state index contributed by atoms with van der Waals surface area (Å²) in [4.78, 5) is 0.00112. The molecule has 2 rings (SSSR count). The van der Waals surface area contributed by atoms with Gasteiger partial charge in [0.25, 0.3) is 10.0 Å². The Morgan fingerprint density at radius 1 is 1.35 bits per heavy atom. The van der Waals surface area contributed by atoms with E-state index in [-0.39, 0.29) is 15.8 Å². The summed E-state index contributed by atoms with van der Waals surface area (Å²) in [6.07, 6.45) is 0.902. The van der Waals surface area contributed by atoms with Crippen molar-refractivity contribution in [1.29, 1.82) is 0 Å². The summed E-state index contributed by atoms with van der Waals surface area (Å²) in [7, 11) is -2.37. The van der Waals surface area contributed by atoms with Gasteiger partial charge in [-0.25, -0.2) is 0 Å². The van der Waals surface area contributed by atoms with Crippen molar-refractivity contribution in [2.45, 2.75) is 25.2 Å². The lowest BCUT2D eigenvalue weighted by molar-refractivity contribution is 0.287. The van der Waals surface area contributed by atoms with E-state index in [0.29, 0.717) is 23.8 Å². The summed E-state index contributed by atoms with van der Waals surface area (Å²) >= 11 is 5.87. The molecule has 1 aromatic carbocycles. The number of hydrogen-bond acceptors (Lipinski definition) is 4. The third-order valence-corrected chi connectivity index (χ3v) is 4.64. The molecule has 110 valence electrons. The molecule has 7 heteroatoms. The fourth-order valence-electron chi connectivity index (χ4n) is 1.84. The third-order valence-electron chi connectivity index (χ3n) is 2.89. The maximum absolute atomic E-state index is 11.9. The highest BCUT2D eigenvalue weighted by Crippen LogP contribution is 2.38. The monoisotopic (exact) mass is 317 g/mol. The van der Waals surface area contributed by atoms with E-state index in [1.165, 1.54) is 7.11 Å². The number of nitrogens with zero attached hydrogens (tertiary/aromatic N) is 1. The Balaban J connectivity index is 2.36. The molecule has 1 aliphatic rings. The Bertz CT molecular complexity index is 653. The SMILES string of the molecule is COc1cc(OCCC(C)C)cc2c1S(=O)(=O)N=C2Cl. The lowest BCUT2D eigenvalue weighted by atomic mass is 10.1. The first-order valence-electron chi connectivity index (χ1n) is 6.21. The smallest absolute Gasteiger partial charge is 0.288 e. The van der Waals surface area contributed by atoms with Crippen molar-refractivity contribution in [3.63, 3.8) is 0 Å². The van der Waals surface area contributed by atoms with E-state index in [1.54, 1.807) is 12.1 Å². The molecule has 1 aromatic rings. The first-order chi connectivity index (χ1) is 9.35. The van der Waals surface area contributed by atoms with Crippen LogP contribution in [-0.4, -0.2) is 27.3 Å². The molecule has 1 heterocycles. The van der Waals surface area contributed by atoms with E-state index in [1.807, 2.05) is 0 Å². The van der Waals surface area contributed by atoms with Crippen molar-refractivity contribution in [1.82, 2.24) is 0 Å². The number of halogens is 1. The molecule has 20 heavy (non-hydrogen) atoms. The zero-order chi connectivity index (χ0) is 14.9. The van der Waals surface area contributed by atoms with Crippen molar-refractivity contribution < 1.29 is 17.9 Å². The van der Waals surface area contributed by atoms with Crippen LogP contribution in [0.15, 0.2) is 21.4 Å². The fourth-order valence-corrected chi connectivity index (χ4v) is 3.55. The predicted molar refractivity (Wildman–Crippen MR) is 77.5 cm³/mol. The third kappa shape index (κ3) is 2.91. The molecule has 0 fully saturated rings. The molecule has 0 N–H and O–H groups in total. The Labute approximate surface area is 123 Å². The van der Waals surface area contributed by atoms with Gasteiger partial charge in [-0.15, -0.1) is 4.40 Å². The van der Waals surface area contributed by atoms with Crippen molar-refractivity contribution in [3.05, 3.63) is 17.7 Å². The van der Waals surface area contributed by atoms with E-state index >= 15 is 0 Å². The van der Waals surface area contributed by atoms with Gasteiger partial charge in [-0.1, -0.05) is 25.4 Å². The van der Waals surface area contributed by atoms with Gasteiger partial charge in [0, 0.05) is 11.6 Å². The Morgan fingerprint density at radius 3 is 2.65 bits per heavy atom. The molecule has 0 saturated carbocycles. The average molecular weight is 318 g/mol. The number of hydrogen-bond donors (Lipinski definition) is 0. The number of rotatable bonds is 5. The maximum atomic E-state index is 11.9. The van der Waals surface area contributed by atoms with Crippen LogP contribution in [-0.2, 0) is 10.0 Å². The molecule has 0 saturated heterocycles. The molecule has 0 bridgehead atoms. The molecule has 0 spiro atoms. The Kier molecular flexibility index (Phi) is 4.25. The predicted octanol–water partition coefficient (Wildman–Crippen LogP) is 2.81. The Morgan fingerprint density at radius 2 is 2.05 bits per heavy atom. The first kappa shape index (κ1) is 15.1. The molecule has 1 aliphatic heterocycles. The van der Waals surface area contributed by atoms with Crippen LogP contribution < -0.4 is 9.47 Å². The largest absolute Gasteiger partial charge is 0.495 e. The molecule has 5 nitrogen and oxygen atoms in total. The van der Waals surface area contributed by atoms with Gasteiger partial charge < -0.3 is 9.47 Å². The summed E-state index contributed by atoms with van der Waals surface area (Å²) in [6.45, 7) is 4.74. The molecule has 0 unspecified atom stereocenters. The first-order valence-corrected chi connectivity index (χ1v) is 8.02. The highest BCUT2D eigenvalue weighted by molar-refractivity contribution is 7.91. The number of methoxy groups -OCH3 is 1. The van der Waals surface area contributed by atoms with E-state index in [4.69, 9.17) is 21.1 Å². The van der Waals surface area contributed by atoms with E-state index in [2.05, 4.69) is 18.2 Å². The number of benzene rings is 1. The minimum atomic E-state index is -3.77. The summed E-state index contributed by atoms with van der Waals surface area (Å²) < 4.78 is 37.9. The van der Waals surface area contributed by atoms with Gasteiger partial charge in [0.2, 0.25) is 0 Å². The van der Waals surface area contributed by atoms with Crippen LogP contribution in [0.5, 0.6) is 11.5 Å². The number of fused-ring (bicyclic) bond motifs is 1. The van der Waals surface area contributed by atoms with Crippen LogP contribution in [0.25, 0.3) is 0 Å². The van der Waals surface area contributed by atoms with Gasteiger partial charge in [-0.3, -0.25) is 0 Å². The second-order valence-electron chi connectivity index (χ2n) is 4.89. The van der Waals surface area contributed by atoms with E-state index < -0.39 is 10.0 Å². The average Bonchev–Trinajstić information content (AvgIpc) is 2.58. The molecule has 0 radical (unpaired) electrons. The van der Waals surface area contributed by atoms with Crippen LogP contribution in [0.3, 0.4) is 0 Å². The van der Waals surface area contributed by atoms with E-state index in [0.717, 1.165) is 6.42 Å².